The van der Waals surface area contributed by atoms with E-state index < -0.39 is 0 Å². The van der Waals surface area contributed by atoms with E-state index in [4.69, 9.17) is 4.74 Å². The molecule has 1 atom stereocenters. The van der Waals surface area contributed by atoms with E-state index in [9.17, 15) is 5.11 Å². The van der Waals surface area contributed by atoms with Crippen molar-refractivity contribution in [1.82, 2.24) is 0 Å². The lowest BCUT2D eigenvalue weighted by Gasteiger charge is -2.18. The van der Waals surface area contributed by atoms with E-state index in [1.54, 1.807) is 7.11 Å². The van der Waals surface area contributed by atoms with Gasteiger partial charge in [-0.2, -0.15) is 0 Å². The molecule has 1 unspecified atom stereocenters. The summed E-state index contributed by atoms with van der Waals surface area (Å²) in [5.74, 6) is 0.351. The Morgan fingerprint density at radius 1 is 0.897 bits per heavy atom. The van der Waals surface area contributed by atoms with Crippen LogP contribution >= 0.6 is 0 Å². The van der Waals surface area contributed by atoms with E-state index in [0.29, 0.717) is 5.92 Å². The first-order chi connectivity index (χ1) is 14.2. The van der Waals surface area contributed by atoms with Gasteiger partial charge in [0.05, 0.1) is 6.61 Å². The molecule has 0 bridgehead atoms. The molecule has 0 spiro atoms. The number of aliphatic hydroxyl groups excluding tert-OH is 1. The van der Waals surface area contributed by atoms with Gasteiger partial charge in [-0.15, -0.1) is 0 Å². The zero-order valence-corrected chi connectivity index (χ0v) is 18.3. The number of aryl methyl sites for hydroxylation is 3. The maximum atomic E-state index is 9.32. The highest BCUT2D eigenvalue weighted by Gasteiger charge is 2.13. The molecule has 0 aliphatic heterocycles. The van der Waals surface area contributed by atoms with Gasteiger partial charge in [0.1, 0.15) is 0 Å². The fourth-order valence-electron chi connectivity index (χ4n) is 3.76. The standard InChI is InChI=1S/C27H38O2/c1-4-5-6-7-23-8-10-24(11-9-23)12-13-25-14-16-26(17-15-25)27(18-19-29-3)20-22(2)21-28/h8-11,14-17,27-28H,2,4-7,12-13,18-21H2,1,3H3. The number of aliphatic hydroxyl groups is 1. The van der Waals surface area contributed by atoms with Crippen LogP contribution in [0.5, 0.6) is 0 Å². The average molecular weight is 395 g/mol. The van der Waals surface area contributed by atoms with Crippen LogP contribution in [-0.4, -0.2) is 25.4 Å². The Labute approximate surface area is 177 Å². The Morgan fingerprint density at radius 2 is 1.45 bits per heavy atom. The van der Waals surface area contributed by atoms with Gasteiger partial charge in [-0.1, -0.05) is 80.4 Å². The first kappa shape index (κ1) is 23.4. The molecule has 2 nitrogen and oxygen atoms in total. The molecule has 2 heteroatoms. The number of ether oxygens (including phenoxy) is 1. The molecule has 1 N–H and O–H groups in total. The zero-order valence-electron chi connectivity index (χ0n) is 18.3. The Kier molecular flexibility index (Phi) is 10.8. The van der Waals surface area contributed by atoms with E-state index in [1.807, 2.05) is 0 Å². The van der Waals surface area contributed by atoms with Crippen LogP contribution in [0, 0.1) is 0 Å². The molecule has 2 aromatic carbocycles. The molecule has 0 aliphatic carbocycles. The molecule has 0 saturated heterocycles. The minimum absolute atomic E-state index is 0.0545. The number of benzene rings is 2. The molecular formula is C27H38O2. The second-order valence-electron chi connectivity index (χ2n) is 8.11. The van der Waals surface area contributed by atoms with Crippen LogP contribution in [0.4, 0.5) is 0 Å². The van der Waals surface area contributed by atoms with Crippen molar-refractivity contribution in [2.45, 2.75) is 64.2 Å². The van der Waals surface area contributed by atoms with Gasteiger partial charge in [0.15, 0.2) is 0 Å². The predicted octanol–water partition coefficient (Wildman–Crippen LogP) is 6.26. The van der Waals surface area contributed by atoms with Gasteiger partial charge < -0.3 is 9.84 Å². The van der Waals surface area contributed by atoms with Gasteiger partial charge in [-0.25, -0.2) is 0 Å². The Bertz CT molecular complexity index is 700. The summed E-state index contributed by atoms with van der Waals surface area (Å²) in [7, 11) is 1.73. The van der Waals surface area contributed by atoms with Crippen LogP contribution in [0.1, 0.15) is 67.2 Å². The summed E-state index contributed by atoms with van der Waals surface area (Å²) in [6, 6.07) is 18.1. The lowest BCUT2D eigenvalue weighted by Crippen LogP contribution is -2.06. The van der Waals surface area contributed by atoms with Crippen molar-refractivity contribution >= 4 is 0 Å². The van der Waals surface area contributed by atoms with Crippen LogP contribution in [0.15, 0.2) is 60.7 Å². The zero-order chi connectivity index (χ0) is 20.9. The van der Waals surface area contributed by atoms with Crippen LogP contribution < -0.4 is 0 Å². The van der Waals surface area contributed by atoms with Crippen LogP contribution in [-0.2, 0) is 24.0 Å². The highest BCUT2D eigenvalue weighted by atomic mass is 16.5. The lowest BCUT2D eigenvalue weighted by molar-refractivity contribution is 0.186. The summed E-state index contributed by atoms with van der Waals surface area (Å²) in [6.07, 6.45) is 8.97. The predicted molar refractivity (Wildman–Crippen MR) is 124 cm³/mol. The average Bonchev–Trinajstić information content (AvgIpc) is 2.76. The van der Waals surface area contributed by atoms with E-state index >= 15 is 0 Å². The van der Waals surface area contributed by atoms with E-state index in [-0.39, 0.29) is 6.61 Å². The molecular weight excluding hydrogens is 356 g/mol. The molecule has 0 aromatic heterocycles. The van der Waals surface area contributed by atoms with Crippen molar-refractivity contribution in [3.63, 3.8) is 0 Å². The first-order valence-corrected chi connectivity index (χ1v) is 11.1. The molecule has 0 amide bonds. The minimum atomic E-state index is 0.0545. The van der Waals surface area contributed by atoms with Gasteiger partial charge in [-0.3, -0.25) is 0 Å². The third-order valence-corrected chi connectivity index (χ3v) is 5.67. The molecule has 29 heavy (non-hydrogen) atoms. The van der Waals surface area contributed by atoms with Crippen molar-refractivity contribution in [2.75, 3.05) is 20.3 Å². The van der Waals surface area contributed by atoms with Gasteiger partial charge in [-0.05, 0) is 66.7 Å². The molecule has 2 aromatic rings. The van der Waals surface area contributed by atoms with Crippen molar-refractivity contribution in [2.24, 2.45) is 0 Å². The Morgan fingerprint density at radius 3 is 1.97 bits per heavy atom. The van der Waals surface area contributed by atoms with Crippen molar-refractivity contribution in [3.05, 3.63) is 82.9 Å². The van der Waals surface area contributed by atoms with Gasteiger partial charge in [0.25, 0.3) is 0 Å². The van der Waals surface area contributed by atoms with Crippen molar-refractivity contribution in [3.8, 4) is 0 Å². The fourth-order valence-corrected chi connectivity index (χ4v) is 3.76. The smallest absolute Gasteiger partial charge is 0.0639 e. The second-order valence-corrected chi connectivity index (χ2v) is 8.11. The molecule has 158 valence electrons. The summed E-state index contributed by atoms with van der Waals surface area (Å²) >= 11 is 0. The summed E-state index contributed by atoms with van der Waals surface area (Å²) in [4.78, 5) is 0. The normalized spacial score (nSPS) is 12.1. The van der Waals surface area contributed by atoms with Crippen LogP contribution in [0.2, 0.25) is 0 Å². The van der Waals surface area contributed by atoms with E-state index in [0.717, 1.165) is 37.9 Å². The number of hydrogen-bond donors (Lipinski definition) is 1. The van der Waals surface area contributed by atoms with Crippen molar-refractivity contribution in [1.29, 1.82) is 0 Å². The van der Waals surface area contributed by atoms with Gasteiger partial charge in [0, 0.05) is 13.7 Å². The molecule has 0 fully saturated rings. The molecule has 0 saturated carbocycles. The third kappa shape index (κ3) is 8.55. The highest BCUT2D eigenvalue weighted by molar-refractivity contribution is 5.28. The summed E-state index contributed by atoms with van der Waals surface area (Å²) in [5.41, 5.74) is 6.42. The summed E-state index contributed by atoms with van der Waals surface area (Å²) in [5, 5.41) is 9.32. The maximum Gasteiger partial charge on any atom is 0.0639 e. The Hall–Kier alpha value is -1.90. The van der Waals surface area contributed by atoms with Gasteiger partial charge in [0.2, 0.25) is 0 Å². The monoisotopic (exact) mass is 394 g/mol. The highest BCUT2D eigenvalue weighted by Crippen LogP contribution is 2.27. The summed E-state index contributed by atoms with van der Waals surface area (Å²) in [6.45, 7) is 6.99. The molecule has 0 aliphatic rings. The number of hydrogen-bond acceptors (Lipinski definition) is 2. The third-order valence-electron chi connectivity index (χ3n) is 5.67. The molecule has 2 rings (SSSR count). The number of unbranched alkanes of at least 4 members (excludes halogenated alkanes) is 2. The van der Waals surface area contributed by atoms with E-state index in [2.05, 4.69) is 62.0 Å². The SMILES string of the molecule is C=C(CO)CC(CCOC)c1ccc(CCc2ccc(CCCCC)cc2)cc1. The van der Waals surface area contributed by atoms with Crippen molar-refractivity contribution < 1.29 is 9.84 Å². The number of methoxy groups -OCH3 is 1. The topological polar surface area (TPSA) is 29.5 Å². The number of rotatable bonds is 14. The molecule has 0 heterocycles. The minimum Gasteiger partial charge on any atom is -0.392 e. The van der Waals surface area contributed by atoms with E-state index in [1.165, 1.54) is 47.9 Å². The maximum absolute atomic E-state index is 9.32. The second kappa shape index (κ2) is 13.3. The first-order valence-electron chi connectivity index (χ1n) is 11.1. The summed E-state index contributed by atoms with van der Waals surface area (Å²) < 4.78 is 5.26. The quantitative estimate of drug-likeness (QED) is 0.302. The fraction of sp³-hybridized carbons (Fsp3) is 0.481. The van der Waals surface area contributed by atoms with Crippen LogP contribution in [0.25, 0.3) is 0 Å². The van der Waals surface area contributed by atoms with Crippen LogP contribution in [0.3, 0.4) is 0 Å². The Balaban J connectivity index is 1.89. The largest absolute Gasteiger partial charge is 0.392 e. The van der Waals surface area contributed by atoms with Gasteiger partial charge >= 0.3 is 0 Å². The molecule has 0 radical (unpaired) electrons. The lowest BCUT2D eigenvalue weighted by atomic mass is 9.89.